The van der Waals surface area contributed by atoms with Crippen LogP contribution in [0.1, 0.15) is 27.6 Å². The number of carbonyl (C=O) groups is 3. The van der Waals surface area contributed by atoms with Crippen LogP contribution >= 0.6 is 0 Å². The molecular weight excluding hydrogens is 373 g/mol. The molecule has 1 aliphatic rings. The van der Waals surface area contributed by atoms with Gasteiger partial charge < -0.3 is 14.8 Å². The Morgan fingerprint density at radius 3 is 2.55 bits per heavy atom. The summed E-state index contributed by atoms with van der Waals surface area (Å²) in [6.45, 7) is 2.76. The predicted octanol–water partition coefficient (Wildman–Crippen LogP) is 2.86. The summed E-state index contributed by atoms with van der Waals surface area (Å²) in [5, 5.41) is 0.383. The number of benzene rings is 2. The summed E-state index contributed by atoms with van der Waals surface area (Å²) in [4.78, 5) is 44.3. The molecule has 1 saturated heterocycles. The lowest BCUT2D eigenvalue weighted by Crippen LogP contribution is -2.56. The Kier molecular flexibility index (Phi) is 4.88. The summed E-state index contributed by atoms with van der Waals surface area (Å²) in [5.41, 5.74) is 1.34. The van der Waals surface area contributed by atoms with E-state index in [4.69, 9.17) is 0 Å². The molecule has 7 heteroatoms. The number of Topliss-reactive ketones (excluding diaryl/α,β-unsaturated/α-hetero) is 1. The van der Waals surface area contributed by atoms with Crippen LogP contribution in [0.3, 0.4) is 0 Å². The maximum absolute atomic E-state index is 13.6. The molecule has 29 heavy (non-hydrogen) atoms. The van der Waals surface area contributed by atoms with Crippen LogP contribution in [0.2, 0.25) is 0 Å². The highest BCUT2D eigenvalue weighted by atomic mass is 19.1. The van der Waals surface area contributed by atoms with Crippen molar-refractivity contribution >= 4 is 28.5 Å². The number of carbonyl (C=O) groups excluding carboxylic acids is 3. The zero-order valence-corrected chi connectivity index (χ0v) is 15.9. The zero-order chi connectivity index (χ0) is 20.5. The SMILES string of the molecule is C[C@H]1CN(C(=O)c2ccccc2)CCN1C(=O)C(=O)c1c[nH]c2ccc(F)cc12. The highest BCUT2D eigenvalue weighted by Gasteiger charge is 2.34. The second-order valence-corrected chi connectivity index (χ2v) is 7.19. The van der Waals surface area contributed by atoms with E-state index in [1.54, 1.807) is 29.2 Å². The quantitative estimate of drug-likeness (QED) is 0.549. The van der Waals surface area contributed by atoms with E-state index < -0.39 is 17.5 Å². The van der Waals surface area contributed by atoms with Crippen LogP contribution in [0.4, 0.5) is 4.39 Å². The van der Waals surface area contributed by atoms with Gasteiger partial charge >= 0.3 is 0 Å². The van der Waals surface area contributed by atoms with Gasteiger partial charge in [-0.1, -0.05) is 18.2 Å². The van der Waals surface area contributed by atoms with Gasteiger partial charge in [0.25, 0.3) is 17.6 Å². The highest BCUT2D eigenvalue weighted by molar-refractivity contribution is 6.44. The number of hydrogen-bond acceptors (Lipinski definition) is 3. The van der Waals surface area contributed by atoms with Crippen molar-refractivity contribution < 1.29 is 18.8 Å². The summed E-state index contributed by atoms with van der Waals surface area (Å²) >= 11 is 0. The largest absolute Gasteiger partial charge is 0.360 e. The molecular formula is C22H20FN3O3. The summed E-state index contributed by atoms with van der Waals surface area (Å²) in [6, 6.07) is 12.7. The number of halogens is 1. The average molecular weight is 393 g/mol. The molecule has 4 rings (SSSR count). The Bertz CT molecular complexity index is 1090. The number of piperazine rings is 1. The van der Waals surface area contributed by atoms with E-state index in [0.29, 0.717) is 29.6 Å². The standard InChI is InChI=1S/C22H20FN3O3/c1-14-13-25(21(28)15-5-3-2-4-6-15)9-10-26(14)22(29)20(27)18-12-24-19-8-7-16(23)11-17(18)19/h2-8,11-12,14,24H,9-10,13H2,1H3/t14-/m0/s1. The van der Waals surface area contributed by atoms with Crippen molar-refractivity contribution in [1.29, 1.82) is 0 Å². The second kappa shape index (κ2) is 7.50. The van der Waals surface area contributed by atoms with Crippen LogP contribution in [-0.2, 0) is 4.79 Å². The first-order valence-electron chi connectivity index (χ1n) is 9.42. The molecule has 0 unspecified atom stereocenters. The molecule has 1 fully saturated rings. The normalized spacial score (nSPS) is 16.8. The third kappa shape index (κ3) is 3.51. The van der Waals surface area contributed by atoms with Crippen molar-refractivity contribution in [2.45, 2.75) is 13.0 Å². The van der Waals surface area contributed by atoms with Gasteiger partial charge in [-0.05, 0) is 37.3 Å². The molecule has 1 atom stereocenters. The van der Waals surface area contributed by atoms with Gasteiger partial charge in [0.2, 0.25) is 0 Å². The van der Waals surface area contributed by atoms with Crippen molar-refractivity contribution in [3.8, 4) is 0 Å². The van der Waals surface area contributed by atoms with Gasteiger partial charge in [-0.25, -0.2) is 4.39 Å². The van der Waals surface area contributed by atoms with E-state index in [1.165, 1.54) is 29.3 Å². The molecule has 2 aromatic carbocycles. The Hall–Kier alpha value is -3.48. The van der Waals surface area contributed by atoms with E-state index in [0.717, 1.165) is 0 Å². The third-order valence-corrected chi connectivity index (χ3v) is 5.28. The molecule has 2 heterocycles. The summed E-state index contributed by atoms with van der Waals surface area (Å²) in [6.07, 6.45) is 1.43. The van der Waals surface area contributed by atoms with Crippen LogP contribution in [0.5, 0.6) is 0 Å². The predicted molar refractivity (Wildman–Crippen MR) is 106 cm³/mol. The molecule has 1 N–H and O–H groups in total. The fraction of sp³-hybridized carbons (Fsp3) is 0.227. The van der Waals surface area contributed by atoms with Crippen LogP contribution in [0, 0.1) is 5.82 Å². The fourth-order valence-corrected chi connectivity index (χ4v) is 3.73. The van der Waals surface area contributed by atoms with Gasteiger partial charge in [-0.15, -0.1) is 0 Å². The lowest BCUT2D eigenvalue weighted by molar-refractivity contribution is -0.130. The van der Waals surface area contributed by atoms with Crippen molar-refractivity contribution in [3.63, 3.8) is 0 Å². The number of rotatable bonds is 3. The molecule has 0 bridgehead atoms. The molecule has 2 amide bonds. The van der Waals surface area contributed by atoms with Crippen LogP contribution in [0.25, 0.3) is 10.9 Å². The van der Waals surface area contributed by atoms with Gasteiger partial charge in [-0.3, -0.25) is 14.4 Å². The lowest BCUT2D eigenvalue weighted by atomic mass is 10.1. The number of aromatic amines is 1. The van der Waals surface area contributed by atoms with Crippen LogP contribution in [0.15, 0.2) is 54.7 Å². The molecule has 3 aromatic rings. The van der Waals surface area contributed by atoms with E-state index in [2.05, 4.69) is 4.98 Å². The molecule has 0 spiro atoms. The molecule has 0 aliphatic carbocycles. The first-order valence-corrected chi connectivity index (χ1v) is 9.42. The maximum Gasteiger partial charge on any atom is 0.295 e. The first kappa shape index (κ1) is 18.9. The smallest absolute Gasteiger partial charge is 0.295 e. The maximum atomic E-state index is 13.6. The molecule has 6 nitrogen and oxygen atoms in total. The van der Waals surface area contributed by atoms with E-state index in [1.807, 2.05) is 13.0 Å². The first-order chi connectivity index (χ1) is 14.0. The van der Waals surface area contributed by atoms with E-state index in [9.17, 15) is 18.8 Å². The number of amides is 2. The minimum atomic E-state index is -0.684. The van der Waals surface area contributed by atoms with Gasteiger partial charge in [0.05, 0.1) is 5.56 Å². The highest BCUT2D eigenvalue weighted by Crippen LogP contribution is 2.22. The minimum absolute atomic E-state index is 0.0945. The number of nitrogens with zero attached hydrogens (tertiary/aromatic N) is 2. The summed E-state index contributed by atoms with van der Waals surface area (Å²) in [5.74, 6) is -1.89. The van der Waals surface area contributed by atoms with Gasteiger partial charge in [0.15, 0.2) is 0 Å². The Morgan fingerprint density at radius 1 is 1.07 bits per heavy atom. The number of hydrogen-bond donors (Lipinski definition) is 1. The molecule has 1 aliphatic heterocycles. The lowest BCUT2D eigenvalue weighted by Gasteiger charge is -2.39. The number of ketones is 1. The topological polar surface area (TPSA) is 73.5 Å². The molecule has 1 aromatic heterocycles. The van der Waals surface area contributed by atoms with Gasteiger partial charge in [0, 0.05) is 48.3 Å². The minimum Gasteiger partial charge on any atom is -0.360 e. The second-order valence-electron chi connectivity index (χ2n) is 7.19. The van der Waals surface area contributed by atoms with Gasteiger partial charge in [-0.2, -0.15) is 0 Å². The van der Waals surface area contributed by atoms with E-state index >= 15 is 0 Å². The van der Waals surface area contributed by atoms with Crippen LogP contribution < -0.4 is 0 Å². The Morgan fingerprint density at radius 2 is 1.83 bits per heavy atom. The van der Waals surface area contributed by atoms with Crippen molar-refractivity contribution in [1.82, 2.24) is 14.8 Å². The monoisotopic (exact) mass is 393 g/mol. The third-order valence-electron chi connectivity index (χ3n) is 5.28. The Labute approximate surface area is 166 Å². The average Bonchev–Trinajstić information content (AvgIpc) is 3.15. The van der Waals surface area contributed by atoms with Crippen molar-refractivity contribution in [2.75, 3.05) is 19.6 Å². The van der Waals surface area contributed by atoms with Crippen LogP contribution in [-0.4, -0.2) is 58.1 Å². The zero-order valence-electron chi connectivity index (χ0n) is 15.9. The number of nitrogens with one attached hydrogen (secondary N) is 1. The Balaban J connectivity index is 1.49. The molecule has 148 valence electrons. The fourth-order valence-electron chi connectivity index (χ4n) is 3.73. The van der Waals surface area contributed by atoms with E-state index in [-0.39, 0.29) is 24.1 Å². The number of fused-ring (bicyclic) bond motifs is 1. The molecule has 0 radical (unpaired) electrons. The van der Waals surface area contributed by atoms with Crippen molar-refractivity contribution in [3.05, 3.63) is 71.7 Å². The molecule has 0 saturated carbocycles. The summed E-state index contributed by atoms with van der Waals surface area (Å²) in [7, 11) is 0. The number of H-pyrrole nitrogens is 1. The summed E-state index contributed by atoms with van der Waals surface area (Å²) < 4.78 is 13.6. The van der Waals surface area contributed by atoms with Gasteiger partial charge in [0.1, 0.15) is 5.82 Å². The number of aromatic nitrogens is 1. The van der Waals surface area contributed by atoms with Crippen molar-refractivity contribution in [2.24, 2.45) is 0 Å².